The predicted molar refractivity (Wildman–Crippen MR) is 74.4 cm³/mol. The molecule has 0 radical (unpaired) electrons. The number of rotatable bonds is 2. The van der Waals surface area contributed by atoms with Crippen LogP contribution in [0.2, 0.25) is 0 Å². The van der Waals surface area contributed by atoms with E-state index in [0.29, 0.717) is 12.0 Å². The summed E-state index contributed by atoms with van der Waals surface area (Å²) in [6, 6.07) is 7.56. The Kier molecular flexibility index (Phi) is 3.72. The second kappa shape index (κ2) is 5.65. The molecule has 1 aliphatic carbocycles. The van der Waals surface area contributed by atoms with Crippen LogP contribution >= 0.6 is 0 Å². The van der Waals surface area contributed by atoms with E-state index in [1.807, 2.05) is 18.2 Å². The number of esters is 1. The molecule has 2 aliphatic rings. The third kappa shape index (κ3) is 2.69. The van der Waals surface area contributed by atoms with Crippen LogP contribution in [0.5, 0.6) is 0 Å². The Hall–Kier alpha value is -1.84. The minimum atomic E-state index is -0.681. The molecule has 20 heavy (non-hydrogen) atoms. The van der Waals surface area contributed by atoms with Gasteiger partial charge in [0.05, 0.1) is 5.56 Å². The van der Waals surface area contributed by atoms with Crippen molar-refractivity contribution in [3.05, 3.63) is 35.4 Å². The molecule has 106 valence electrons. The first-order valence-corrected chi connectivity index (χ1v) is 7.33. The SMILES string of the molecule is O=C1O[C@H](C(=O)NC2CCCCC2)Cc2ccccc21. The van der Waals surface area contributed by atoms with E-state index < -0.39 is 12.1 Å². The molecule has 1 saturated carbocycles. The van der Waals surface area contributed by atoms with Crippen molar-refractivity contribution >= 4 is 11.9 Å². The lowest BCUT2D eigenvalue weighted by molar-refractivity contribution is -0.131. The van der Waals surface area contributed by atoms with Crippen molar-refractivity contribution in [2.75, 3.05) is 0 Å². The number of hydrogen-bond donors (Lipinski definition) is 1. The van der Waals surface area contributed by atoms with Crippen LogP contribution in [0.15, 0.2) is 24.3 Å². The Morgan fingerprint density at radius 1 is 1.15 bits per heavy atom. The minimum absolute atomic E-state index is 0.153. The Bertz CT molecular complexity index is 520. The van der Waals surface area contributed by atoms with Gasteiger partial charge in [0.2, 0.25) is 0 Å². The summed E-state index contributed by atoms with van der Waals surface area (Å²) in [5.74, 6) is -0.546. The maximum absolute atomic E-state index is 12.2. The predicted octanol–water partition coefficient (Wildman–Crippen LogP) is 2.22. The van der Waals surface area contributed by atoms with Gasteiger partial charge in [-0.3, -0.25) is 4.79 Å². The number of benzene rings is 1. The van der Waals surface area contributed by atoms with E-state index in [2.05, 4.69) is 5.32 Å². The second-order valence-electron chi connectivity index (χ2n) is 5.60. The van der Waals surface area contributed by atoms with Crippen molar-refractivity contribution in [1.29, 1.82) is 0 Å². The van der Waals surface area contributed by atoms with Gasteiger partial charge in [-0.05, 0) is 24.5 Å². The minimum Gasteiger partial charge on any atom is -0.448 e. The van der Waals surface area contributed by atoms with Gasteiger partial charge in [-0.15, -0.1) is 0 Å². The maximum atomic E-state index is 12.2. The summed E-state index contributed by atoms with van der Waals surface area (Å²) in [4.78, 5) is 24.1. The van der Waals surface area contributed by atoms with Crippen molar-refractivity contribution in [2.45, 2.75) is 50.7 Å². The topological polar surface area (TPSA) is 55.4 Å². The van der Waals surface area contributed by atoms with Crippen LogP contribution in [0.4, 0.5) is 0 Å². The maximum Gasteiger partial charge on any atom is 0.339 e. The summed E-state index contributed by atoms with van der Waals surface area (Å²) in [5.41, 5.74) is 1.47. The molecule has 0 bridgehead atoms. The Morgan fingerprint density at radius 2 is 1.90 bits per heavy atom. The standard InChI is InChI=1S/C16H19NO3/c18-15(17-12-7-2-1-3-8-12)14-10-11-6-4-5-9-13(11)16(19)20-14/h4-6,9,12,14H,1-3,7-8,10H2,(H,17,18)/t14-/m0/s1. The monoisotopic (exact) mass is 273 g/mol. The third-order valence-corrected chi connectivity index (χ3v) is 4.14. The quantitative estimate of drug-likeness (QED) is 0.841. The molecule has 1 aliphatic heterocycles. The highest BCUT2D eigenvalue weighted by atomic mass is 16.5. The van der Waals surface area contributed by atoms with Gasteiger partial charge in [0.25, 0.3) is 5.91 Å². The third-order valence-electron chi connectivity index (χ3n) is 4.14. The smallest absolute Gasteiger partial charge is 0.339 e. The number of fused-ring (bicyclic) bond motifs is 1. The highest BCUT2D eigenvalue weighted by Gasteiger charge is 2.32. The van der Waals surface area contributed by atoms with Gasteiger partial charge in [-0.1, -0.05) is 37.5 Å². The normalized spacial score (nSPS) is 22.8. The molecule has 1 fully saturated rings. The summed E-state index contributed by atoms with van der Waals surface area (Å²) in [5, 5.41) is 3.02. The Morgan fingerprint density at radius 3 is 2.70 bits per heavy atom. The van der Waals surface area contributed by atoms with Gasteiger partial charge in [-0.25, -0.2) is 4.79 Å². The van der Waals surface area contributed by atoms with E-state index in [9.17, 15) is 9.59 Å². The Labute approximate surface area is 118 Å². The van der Waals surface area contributed by atoms with Crippen LogP contribution in [0.3, 0.4) is 0 Å². The van der Waals surface area contributed by atoms with E-state index in [-0.39, 0.29) is 11.9 Å². The summed E-state index contributed by atoms with van der Waals surface area (Å²) < 4.78 is 5.27. The first-order valence-electron chi connectivity index (χ1n) is 7.33. The summed E-state index contributed by atoms with van der Waals surface area (Å²) >= 11 is 0. The number of amides is 1. The number of nitrogens with one attached hydrogen (secondary N) is 1. The zero-order valence-corrected chi connectivity index (χ0v) is 11.4. The van der Waals surface area contributed by atoms with E-state index in [0.717, 1.165) is 31.2 Å². The highest BCUT2D eigenvalue weighted by molar-refractivity contribution is 5.95. The molecule has 1 aromatic rings. The lowest BCUT2D eigenvalue weighted by atomic mass is 9.94. The van der Waals surface area contributed by atoms with Gasteiger partial charge in [0, 0.05) is 12.5 Å². The van der Waals surface area contributed by atoms with Crippen LogP contribution < -0.4 is 5.32 Å². The van der Waals surface area contributed by atoms with Crippen LogP contribution in [0.1, 0.15) is 48.0 Å². The van der Waals surface area contributed by atoms with Gasteiger partial charge in [-0.2, -0.15) is 0 Å². The molecule has 0 unspecified atom stereocenters. The lowest BCUT2D eigenvalue weighted by Crippen LogP contribution is -2.46. The largest absolute Gasteiger partial charge is 0.448 e. The fraction of sp³-hybridized carbons (Fsp3) is 0.500. The van der Waals surface area contributed by atoms with Crippen molar-refractivity contribution in [3.63, 3.8) is 0 Å². The van der Waals surface area contributed by atoms with E-state index in [1.54, 1.807) is 6.07 Å². The molecule has 1 heterocycles. The molecule has 1 N–H and O–H groups in total. The zero-order chi connectivity index (χ0) is 13.9. The van der Waals surface area contributed by atoms with E-state index >= 15 is 0 Å². The van der Waals surface area contributed by atoms with Crippen LogP contribution in [0.25, 0.3) is 0 Å². The van der Waals surface area contributed by atoms with Gasteiger partial charge < -0.3 is 10.1 Å². The fourth-order valence-electron chi connectivity index (χ4n) is 3.02. The molecular weight excluding hydrogens is 254 g/mol. The molecule has 0 aromatic heterocycles. The first kappa shape index (κ1) is 13.2. The fourth-order valence-corrected chi connectivity index (χ4v) is 3.02. The Balaban J connectivity index is 1.66. The molecule has 0 spiro atoms. The zero-order valence-electron chi connectivity index (χ0n) is 11.4. The highest BCUT2D eigenvalue weighted by Crippen LogP contribution is 2.22. The number of carbonyl (C=O) groups excluding carboxylic acids is 2. The molecule has 3 rings (SSSR count). The second-order valence-corrected chi connectivity index (χ2v) is 5.60. The van der Waals surface area contributed by atoms with E-state index in [1.165, 1.54) is 6.42 Å². The lowest BCUT2D eigenvalue weighted by Gasteiger charge is -2.28. The van der Waals surface area contributed by atoms with Crippen molar-refractivity contribution in [2.24, 2.45) is 0 Å². The number of carbonyl (C=O) groups is 2. The molecular formula is C16H19NO3. The summed E-state index contributed by atoms with van der Waals surface area (Å²) in [6.45, 7) is 0. The number of ether oxygens (including phenoxy) is 1. The van der Waals surface area contributed by atoms with E-state index in [4.69, 9.17) is 4.74 Å². The van der Waals surface area contributed by atoms with Gasteiger partial charge in [0.1, 0.15) is 0 Å². The van der Waals surface area contributed by atoms with Gasteiger partial charge in [0.15, 0.2) is 6.10 Å². The van der Waals surface area contributed by atoms with Crippen LogP contribution in [-0.2, 0) is 16.0 Å². The molecule has 4 heteroatoms. The first-order chi connectivity index (χ1) is 9.74. The summed E-state index contributed by atoms with van der Waals surface area (Å²) in [6.07, 6.45) is 5.43. The van der Waals surface area contributed by atoms with Crippen molar-refractivity contribution in [3.8, 4) is 0 Å². The average molecular weight is 273 g/mol. The molecule has 4 nitrogen and oxygen atoms in total. The molecule has 1 aromatic carbocycles. The van der Waals surface area contributed by atoms with Crippen molar-refractivity contribution < 1.29 is 14.3 Å². The van der Waals surface area contributed by atoms with Crippen molar-refractivity contribution in [1.82, 2.24) is 5.32 Å². The molecule has 0 saturated heterocycles. The van der Waals surface area contributed by atoms with Crippen LogP contribution in [-0.4, -0.2) is 24.0 Å². The summed E-state index contributed by atoms with van der Waals surface area (Å²) in [7, 11) is 0. The number of hydrogen-bond acceptors (Lipinski definition) is 3. The molecule has 1 atom stereocenters. The van der Waals surface area contributed by atoms with Gasteiger partial charge >= 0.3 is 5.97 Å². The number of cyclic esters (lactones) is 1. The van der Waals surface area contributed by atoms with Crippen LogP contribution in [0, 0.1) is 0 Å². The molecule has 1 amide bonds. The average Bonchev–Trinajstić information content (AvgIpc) is 2.48.